The van der Waals surface area contributed by atoms with E-state index >= 15 is 0 Å². The molecule has 2 aromatic carbocycles. The normalized spacial score (nSPS) is 9.68. The van der Waals surface area contributed by atoms with Gasteiger partial charge >= 0.3 is 5.97 Å². The number of anilines is 1. The molecule has 0 saturated heterocycles. The second-order valence-electron chi connectivity index (χ2n) is 3.99. The number of hydrogen-bond acceptors (Lipinski definition) is 4. The number of hydrogen-bond donors (Lipinski definition) is 1. The van der Waals surface area contributed by atoms with E-state index < -0.39 is 5.97 Å². The van der Waals surface area contributed by atoms with E-state index in [1.165, 1.54) is 7.11 Å². The topological polar surface area (TPSA) is 76.1 Å². The molecule has 0 radical (unpaired) electrons. The van der Waals surface area contributed by atoms with Crippen LogP contribution in [0.3, 0.4) is 0 Å². The molecule has 0 aliphatic carbocycles. The number of ether oxygens (including phenoxy) is 1. The number of rotatable bonds is 2. The Morgan fingerprint density at radius 1 is 1.21 bits per heavy atom. The van der Waals surface area contributed by atoms with E-state index in [4.69, 9.17) is 11.0 Å². The zero-order chi connectivity index (χ0) is 13.8. The van der Waals surface area contributed by atoms with Gasteiger partial charge in [-0.2, -0.15) is 5.26 Å². The Labute approximate surface area is 111 Å². The molecule has 0 aliphatic rings. The number of esters is 1. The summed E-state index contributed by atoms with van der Waals surface area (Å²) in [5.41, 5.74) is 8.66. The van der Waals surface area contributed by atoms with E-state index in [1.807, 2.05) is 6.07 Å². The molecule has 4 heteroatoms. The van der Waals surface area contributed by atoms with E-state index in [2.05, 4.69) is 10.8 Å². The number of methoxy groups -OCH3 is 1. The number of nitriles is 1. The van der Waals surface area contributed by atoms with Gasteiger partial charge in [0.25, 0.3) is 0 Å². The molecule has 2 rings (SSSR count). The summed E-state index contributed by atoms with van der Waals surface area (Å²) < 4.78 is 4.68. The van der Waals surface area contributed by atoms with Gasteiger partial charge in [0.15, 0.2) is 0 Å². The van der Waals surface area contributed by atoms with Crippen LogP contribution in [-0.2, 0) is 4.74 Å². The minimum Gasteiger partial charge on any atom is -0.465 e. The van der Waals surface area contributed by atoms with E-state index in [0.717, 1.165) is 11.1 Å². The minimum atomic E-state index is -0.476. The standard InChI is InChI=1S/C15H12N2O2/c1-19-15(18)13-8-12(5-6-14(13)17)11-4-2-3-10(7-11)9-16/h2-8H,17H2,1H3. The second kappa shape index (κ2) is 5.23. The lowest BCUT2D eigenvalue weighted by Gasteiger charge is -2.07. The molecule has 0 unspecified atom stereocenters. The van der Waals surface area contributed by atoms with Crippen LogP contribution in [0.2, 0.25) is 0 Å². The Morgan fingerprint density at radius 3 is 2.63 bits per heavy atom. The molecule has 0 fully saturated rings. The summed E-state index contributed by atoms with van der Waals surface area (Å²) in [4.78, 5) is 11.6. The van der Waals surface area contributed by atoms with E-state index in [1.54, 1.807) is 36.4 Å². The van der Waals surface area contributed by atoms with Gasteiger partial charge in [0.2, 0.25) is 0 Å². The first kappa shape index (κ1) is 12.7. The lowest BCUT2D eigenvalue weighted by Crippen LogP contribution is -2.05. The van der Waals surface area contributed by atoms with Crippen molar-refractivity contribution in [3.8, 4) is 17.2 Å². The molecule has 2 N–H and O–H groups in total. The van der Waals surface area contributed by atoms with Gasteiger partial charge in [-0.15, -0.1) is 0 Å². The summed E-state index contributed by atoms with van der Waals surface area (Å²) in [6.07, 6.45) is 0. The highest BCUT2D eigenvalue weighted by Gasteiger charge is 2.11. The summed E-state index contributed by atoms with van der Waals surface area (Å²) in [6.45, 7) is 0. The summed E-state index contributed by atoms with van der Waals surface area (Å²) in [5.74, 6) is -0.476. The first-order valence-electron chi connectivity index (χ1n) is 5.64. The quantitative estimate of drug-likeness (QED) is 0.658. The van der Waals surface area contributed by atoms with Crippen molar-refractivity contribution in [3.63, 3.8) is 0 Å². The van der Waals surface area contributed by atoms with Gasteiger partial charge in [0.1, 0.15) is 0 Å². The molecule has 2 aromatic rings. The van der Waals surface area contributed by atoms with Crippen molar-refractivity contribution >= 4 is 11.7 Å². The fraction of sp³-hybridized carbons (Fsp3) is 0.0667. The summed E-state index contributed by atoms with van der Waals surface area (Å²) >= 11 is 0. The van der Waals surface area contributed by atoms with Crippen molar-refractivity contribution in [1.29, 1.82) is 5.26 Å². The summed E-state index contributed by atoms with van der Waals surface area (Å²) in [7, 11) is 1.31. The summed E-state index contributed by atoms with van der Waals surface area (Å²) in [6, 6.07) is 14.3. The Kier molecular flexibility index (Phi) is 3.48. The molecule has 0 aliphatic heterocycles. The fourth-order valence-electron chi connectivity index (χ4n) is 1.79. The predicted octanol–water partition coefficient (Wildman–Crippen LogP) is 2.59. The summed E-state index contributed by atoms with van der Waals surface area (Å²) in [5, 5.41) is 8.89. The minimum absolute atomic E-state index is 0.322. The Bertz CT molecular complexity index is 672. The van der Waals surface area contributed by atoms with Crippen LogP contribution in [0.15, 0.2) is 42.5 Å². The van der Waals surface area contributed by atoms with E-state index in [0.29, 0.717) is 16.8 Å². The Hall–Kier alpha value is -2.80. The van der Waals surface area contributed by atoms with Crippen LogP contribution in [0, 0.1) is 11.3 Å². The molecular weight excluding hydrogens is 240 g/mol. The van der Waals surface area contributed by atoms with Crippen LogP contribution in [0.1, 0.15) is 15.9 Å². The second-order valence-corrected chi connectivity index (χ2v) is 3.99. The van der Waals surface area contributed by atoms with Crippen molar-refractivity contribution in [2.75, 3.05) is 12.8 Å². The number of nitrogens with two attached hydrogens (primary N) is 1. The number of benzene rings is 2. The zero-order valence-corrected chi connectivity index (χ0v) is 10.4. The molecule has 19 heavy (non-hydrogen) atoms. The molecule has 94 valence electrons. The lowest BCUT2D eigenvalue weighted by molar-refractivity contribution is 0.0602. The van der Waals surface area contributed by atoms with E-state index in [-0.39, 0.29) is 0 Å². The van der Waals surface area contributed by atoms with Crippen LogP contribution in [0.4, 0.5) is 5.69 Å². The van der Waals surface area contributed by atoms with Gasteiger partial charge in [-0.05, 0) is 35.4 Å². The van der Waals surface area contributed by atoms with Crippen LogP contribution >= 0.6 is 0 Å². The maximum atomic E-state index is 11.6. The van der Waals surface area contributed by atoms with Gasteiger partial charge in [-0.1, -0.05) is 18.2 Å². The average molecular weight is 252 g/mol. The Morgan fingerprint density at radius 2 is 1.95 bits per heavy atom. The fourth-order valence-corrected chi connectivity index (χ4v) is 1.79. The number of nitrogens with zero attached hydrogens (tertiary/aromatic N) is 1. The van der Waals surface area contributed by atoms with Gasteiger partial charge in [-0.3, -0.25) is 0 Å². The van der Waals surface area contributed by atoms with Gasteiger partial charge in [0.05, 0.1) is 24.3 Å². The van der Waals surface area contributed by atoms with Crippen molar-refractivity contribution in [2.24, 2.45) is 0 Å². The first-order valence-corrected chi connectivity index (χ1v) is 5.64. The highest BCUT2D eigenvalue weighted by atomic mass is 16.5. The Balaban J connectivity index is 2.51. The molecular formula is C15H12N2O2. The monoisotopic (exact) mass is 252 g/mol. The van der Waals surface area contributed by atoms with Gasteiger partial charge < -0.3 is 10.5 Å². The number of carbonyl (C=O) groups excluding carboxylic acids is 1. The highest BCUT2D eigenvalue weighted by Crippen LogP contribution is 2.25. The van der Waals surface area contributed by atoms with Crippen molar-refractivity contribution in [2.45, 2.75) is 0 Å². The molecule has 0 amide bonds. The number of carbonyl (C=O) groups is 1. The molecule has 0 heterocycles. The molecule has 0 bridgehead atoms. The molecule has 0 atom stereocenters. The SMILES string of the molecule is COC(=O)c1cc(-c2cccc(C#N)c2)ccc1N. The smallest absolute Gasteiger partial charge is 0.339 e. The van der Waals surface area contributed by atoms with Gasteiger partial charge in [-0.25, -0.2) is 4.79 Å². The third-order valence-corrected chi connectivity index (χ3v) is 2.78. The predicted molar refractivity (Wildman–Crippen MR) is 72.3 cm³/mol. The average Bonchev–Trinajstić information content (AvgIpc) is 2.47. The zero-order valence-electron chi connectivity index (χ0n) is 10.4. The highest BCUT2D eigenvalue weighted by molar-refractivity contribution is 5.96. The third-order valence-electron chi connectivity index (χ3n) is 2.78. The largest absolute Gasteiger partial charge is 0.465 e. The molecule has 0 spiro atoms. The lowest BCUT2D eigenvalue weighted by atomic mass is 10.0. The van der Waals surface area contributed by atoms with Crippen molar-refractivity contribution in [1.82, 2.24) is 0 Å². The third kappa shape index (κ3) is 2.55. The molecule has 4 nitrogen and oxygen atoms in total. The van der Waals surface area contributed by atoms with Crippen LogP contribution in [0.5, 0.6) is 0 Å². The first-order chi connectivity index (χ1) is 9.15. The molecule has 0 saturated carbocycles. The maximum Gasteiger partial charge on any atom is 0.339 e. The van der Waals surface area contributed by atoms with Gasteiger partial charge in [0, 0.05) is 5.69 Å². The van der Waals surface area contributed by atoms with Crippen molar-refractivity contribution < 1.29 is 9.53 Å². The van der Waals surface area contributed by atoms with E-state index in [9.17, 15) is 4.79 Å². The van der Waals surface area contributed by atoms with Crippen LogP contribution in [-0.4, -0.2) is 13.1 Å². The van der Waals surface area contributed by atoms with Crippen LogP contribution in [0.25, 0.3) is 11.1 Å². The van der Waals surface area contributed by atoms with Crippen LogP contribution < -0.4 is 5.73 Å². The maximum absolute atomic E-state index is 11.6. The number of nitrogen functional groups attached to an aromatic ring is 1. The molecule has 0 aromatic heterocycles. The van der Waals surface area contributed by atoms with Crippen molar-refractivity contribution in [3.05, 3.63) is 53.6 Å².